The van der Waals surface area contributed by atoms with Gasteiger partial charge in [-0.2, -0.15) is 0 Å². The van der Waals surface area contributed by atoms with Crippen LogP contribution >= 0.6 is 0 Å². The molecule has 0 aliphatic carbocycles. The Labute approximate surface area is 213 Å². The van der Waals surface area contributed by atoms with E-state index in [0.717, 1.165) is 27.4 Å². The minimum Gasteiger partial charge on any atom is -0.435 e. The number of nitrogens with zero attached hydrogens (tertiary/aromatic N) is 1. The molecule has 0 unspecified atom stereocenters. The third-order valence-electron chi connectivity index (χ3n) is 7.45. The highest BCUT2D eigenvalue weighted by atomic mass is 16.3. The average molecular weight is 472 g/mol. The number of rotatable bonds is 2. The van der Waals surface area contributed by atoms with Crippen LogP contribution < -0.4 is 0 Å². The van der Waals surface area contributed by atoms with Crippen molar-refractivity contribution >= 4 is 54.2 Å². The van der Waals surface area contributed by atoms with Gasteiger partial charge in [-0.25, -0.2) is 4.98 Å². The molecule has 8 aromatic rings. The van der Waals surface area contributed by atoms with E-state index in [0.29, 0.717) is 5.89 Å². The van der Waals surface area contributed by atoms with Gasteiger partial charge in [0, 0.05) is 10.9 Å². The smallest absolute Gasteiger partial charge is 0.227 e. The van der Waals surface area contributed by atoms with E-state index in [-0.39, 0.29) is 0 Å². The van der Waals surface area contributed by atoms with Crippen molar-refractivity contribution in [3.63, 3.8) is 0 Å². The van der Waals surface area contributed by atoms with Crippen molar-refractivity contribution in [3.05, 3.63) is 127 Å². The Kier molecular flexibility index (Phi) is 4.26. The first kappa shape index (κ1) is 20.3. The molecule has 7 aromatic carbocycles. The molecule has 0 saturated carbocycles. The Morgan fingerprint density at radius 3 is 2.05 bits per heavy atom. The summed E-state index contributed by atoms with van der Waals surface area (Å²) in [6.07, 6.45) is 0. The molecule has 0 fully saturated rings. The molecule has 2 heteroatoms. The fourth-order valence-electron chi connectivity index (χ4n) is 5.69. The van der Waals surface area contributed by atoms with E-state index < -0.39 is 0 Å². The minimum absolute atomic E-state index is 0.650. The van der Waals surface area contributed by atoms with Crippen LogP contribution in [0.15, 0.2) is 132 Å². The molecule has 0 spiro atoms. The van der Waals surface area contributed by atoms with Gasteiger partial charge in [0.15, 0.2) is 5.58 Å². The van der Waals surface area contributed by atoms with Crippen LogP contribution in [-0.4, -0.2) is 4.98 Å². The normalized spacial score (nSPS) is 11.8. The van der Waals surface area contributed by atoms with Gasteiger partial charge in [0.25, 0.3) is 0 Å². The van der Waals surface area contributed by atoms with E-state index in [1.807, 2.05) is 30.3 Å². The Bertz CT molecular complexity index is 2140. The second-order valence-corrected chi connectivity index (χ2v) is 9.59. The number of hydrogen-bond donors (Lipinski definition) is 0. The number of hydrogen-bond acceptors (Lipinski definition) is 2. The lowest BCUT2D eigenvalue weighted by Crippen LogP contribution is -1.86. The van der Waals surface area contributed by atoms with Crippen molar-refractivity contribution in [1.82, 2.24) is 4.98 Å². The van der Waals surface area contributed by atoms with Gasteiger partial charge in [-0.15, -0.1) is 0 Å². The van der Waals surface area contributed by atoms with Gasteiger partial charge >= 0.3 is 0 Å². The van der Waals surface area contributed by atoms with Crippen LogP contribution in [0.3, 0.4) is 0 Å². The van der Waals surface area contributed by atoms with Crippen molar-refractivity contribution in [1.29, 1.82) is 0 Å². The SMILES string of the molecule is c1ccc(-c2nc3ccc4ccc5ccc(-c6cc7ccccc7c7ccccc67)cc5c4c3o2)cc1. The molecular weight excluding hydrogens is 450 g/mol. The predicted molar refractivity (Wildman–Crippen MR) is 155 cm³/mol. The molecule has 1 aromatic heterocycles. The lowest BCUT2D eigenvalue weighted by atomic mass is 9.91. The summed E-state index contributed by atoms with van der Waals surface area (Å²) < 4.78 is 6.44. The lowest BCUT2D eigenvalue weighted by Gasteiger charge is -2.12. The molecular formula is C35H21NO. The molecule has 0 saturated heterocycles. The monoisotopic (exact) mass is 471 g/mol. The average Bonchev–Trinajstić information content (AvgIpc) is 3.41. The standard InChI is InChI=1S/C35H21NO/c1-2-8-24(9-3-1)35-36-32-19-18-23-16-14-22-15-17-26(21-31(22)33(23)34(32)37-35)30-20-25-10-4-5-11-27(25)28-12-6-7-13-29(28)30/h1-21H. The first-order chi connectivity index (χ1) is 18.3. The van der Waals surface area contributed by atoms with Crippen LogP contribution in [0.2, 0.25) is 0 Å². The number of aromatic nitrogens is 1. The third-order valence-corrected chi connectivity index (χ3v) is 7.45. The Morgan fingerprint density at radius 1 is 0.459 bits per heavy atom. The highest BCUT2D eigenvalue weighted by Crippen LogP contribution is 2.39. The predicted octanol–water partition coefficient (Wildman–Crippen LogP) is 9.77. The lowest BCUT2D eigenvalue weighted by molar-refractivity contribution is 0.623. The highest BCUT2D eigenvalue weighted by molar-refractivity contribution is 6.20. The van der Waals surface area contributed by atoms with Gasteiger partial charge in [0.1, 0.15) is 5.52 Å². The fraction of sp³-hybridized carbons (Fsp3) is 0. The maximum Gasteiger partial charge on any atom is 0.227 e. The second kappa shape index (κ2) is 7.78. The van der Waals surface area contributed by atoms with E-state index in [1.54, 1.807) is 0 Å². The molecule has 0 N–H and O–H groups in total. The summed E-state index contributed by atoms with van der Waals surface area (Å²) >= 11 is 0. The van der Waals surface area contributed by atoms with E-state index in [4.69, 9.17) is 9.40 Å². The van der Waals surface area contributed by atoms with Crippen LogP contribution in [0.1, 0.15) is 0 Å². The van der Waals surface area contributed by atoms with Crippen LogP contribution in [-0.2, 0) is 0 Å². The zero-order chi connectivity index (χ0) is 24.3. The molecule has 8 rings (SSSR count). The fourth-order valence-corrected chi connectivity index (χ4v) is 5.69. The van der Waals surface area contributed by atoms with Crippen LogP contribution in [0.4, 0.5) is 0 Å². The Morgan fingerprint density at radius 2 is 1.16 bits per heavy atom. The Hall–Kier alpha value is -4.95. The molecule has 0 radical (unpaired) electrons. The Balaban J connectivity index is 1.44. The van der Waals surface area contributed by atoms with Crippen molar-refractivity contribution in [2.75, 3.05) is 0 Å². The summed E-state index contributed by atoms with van der Waals surface area (Å²) in [5, 5.41) is 9.69. The highest BCUT2D eigenvalue weighted by Gasteiger charge is 2.15. The van der Waals surface area contributed by atoms with E-state index in [1.165, 1.54) is 43.4 Å². The van der Waals surface area contributed by atoms with E-state index >= 15 is 0 Å². The molecule has 0 bridgehead atoms. The molecule has 37 heavy (non-hydrogen) atoms. The van der Waals surface area contributed by atoms with Crippen molar-refractivity contribution in [2.24, 2.45) is 0 Å². The van der Waals surface area contributed by atoms with Gasteiger partial charge in [-0.05, 0) is 79.2 Å². The summed E-state index contributed by atoms with van der Waals surface area (Å²) in [5.74, 6) is 0.650. The largest absolute Gasteiger partial charge is 0.435 e. The van der Waals surface area contributed by atoms with Crippen LogP contribution in [0.25, 0.3) is 76.8 Å². The van der Waals surface area contributed by atoms with Crippen molar-refractivity contribution in [2.45, 2.75) is 0 Å². The van der Waals surface area contributed by atoms with Crippen molar-refractivity contribution < 1.29 is 4.42 Å². The number of benzene rings is 7. The summed E-state index contributed by atoms with van der Waals surface area (Å²) in [6.45, 7) is 0. The van der Waals surface area contributed by atoms with Gasteiger partial charge in [0.05, 0.1) is 0 Å². The van der Waals surface area contributed by atoms with Gasteiger partial charge in [-0.3, -0.25) is 0 Å². The van der Waals surface area contributed by atoms with Gasteiger partial charge < -0.3 is 4.42 Å². The summed E-state index contributed by atoms with van der Waals surface area (Å²) in [6, 6.07) is 45.1. The molecule has 0 atom stereocenters. The molecule has 0 aliphatic rings. The molecule has 0 aliphatic heterocycles. The maximum absolute atomic E-state index is 6.44. The van der Waals surface area contributed by atoms with Crippen LogP contribution in [0, 0.1) is 0 Å². The number of fused-ring (bicyclic) bond motifs is 8. The number of oxazole rings is 1. The maximum atomic E-state index is 6.44. The zero-order valence-electron chi connectivity index (χ0n) is 20.0. The zero-order valence-corrected chi connectivity index (χ0v) is 20.0. The van der Waals surface area contributed by atoms with Gasteiger partial charge in [0.2, 0.25) is 5.89 Å². The summed E-state index contributed by atoms with van der Waals surface area (Å²) in [4.78, 5) is 4.83. The molecule has 1 heterocycles. The second-order valence-electron chi connectivity index (χ2n) is 9.59. The molecule has 172 valence electrons. The van der Waals surface area contributed by atoms with Crippen LogP contribution in [0.5, 0.6) is 0 Å². The molecule has 0 amide bonds. The van der Waals surface area contributed by atoms with E-state index in [9.17, 15) is 0 Å². The summed E-state index contributed by atoms with van der Waals surface area (Å²) in [7, 11) is 0. The van der Waals surface area contributed by atoms with Gasteiger partial charge in [-0.1, -0.05) is 97.1 Å². The minimum atomic E-state index is 0.650. The van der Waals surface area contributed by atoms with E-state index in [2.05, 4.69) is 97.1 Å². The summed E-state index contributed by atoms with van der Waals surface area (Å²) in [5.41, 5.74) is 5.13. The first-order valence-corrected chi connectivity index (χ1v) is 12.6. The third kappa shape index (κ3) is 3.09. The first-order valence-electron chi connectivity index (χ1n) is 12.6. The van der Waals surface area contributed by atoms with Crippen molar-refractivity contribution in [3.8, 4) is 22.6 Å². The topological polar surface area (TPSA) is 26.0 Å². The quantitative estimate of drug-likeness (QED) is 0.235. The molecule has 2 nitrogen and oxygen atoms in total.